The Morgan fingerprint density at radius 1 is 1.44 bits per heavy atom. The number of hydrogen-bond donors (Lipinski definition) is 0. The third kappa shape index (κ3) is 3.32. The van der Waals surface area contributed by atoms with E-state index in [1.807, 2.05) is 20.8 Å². The molecule has 6 nitrogen and oxygen atoms in total. The molecule has 1 aliphatic rings. The zero-order valence-electron chi connectivity index (χ0n) is 10.7. The van der Waals surface area contributed by atoms with Gasteiger partial charge in [0, 0.05) is 6.07 Å². The Balaban J connectivity index is 2.25. The van der Waals surface area contributed by atoms with Crippen LogP contribution in [0.4, 0.5) is 5.82 Å². The van der Waals surface area contributed by atoms with Crippen molar-refractivity contribution in [2.75, 3.05) is 0 Å². The van der Waals surface area contributed by atoms with Gasteiger partial charge in [0.25, 0.3) is 0 Å². The normalized spacial score (nSPS) is 15.3. The Bertz CT molecular complexity index is 464. The fraction of sp³-hybridized carbons (Fsp3) is 0.583. The molecule has 0 aliphatic heterocycles. The molecule has 18 heavy (non-hydrogen) atoms. The molecule has 0 radical (unpaired) electrons. The van der Waals surface area contributed by atoms with E-state index in [0.29, 0.717) is 5.75 Å². The number of hydrogen-bond acceptors (Lipinski definition) is 5. The van der Waals surface area contributed by atoms with Gasteiger partial charge >= 0.3 is 5.82 Å². The fourth-order valence-corrected chi connectivity index (χ4v) is 1.42. The summed E-state index contributed by atoms with van der Waals surface area (Å²) in [6, 6.07) is 1.54. The zero-order valence-corrected chi connectivity index (χ0v) is 10.7. The number of pyridine rings is 1. The Morgan fingerprint density at radius 3 is 2.61 bits per heavy atom. The molecule has 0 N–H and O–H groups in total. The Morgan fingerprint density at radius 2 is 2.11 bits per heavy atom. The lowest BCUT2D eigenvalue weighted by Crippen LogP contribution is -2.23. The van der Waals surface area contributed by atoms with Crippen LogP contribution >= 0.6 is 0 Å². The number of nitrogens with zero attached hydrogens (tertiary/aromatic N) is 2. The minimum absolute atomic E-state index is 0.0791. The van der Waals surface area contributed by atoms with Crippen molar-refractivity contribution >= 4 is 5.82 Å². The highest BCUT2D eigenvalue weighted by atomic mass is 16.6. The summed E-state index contributed by atoms with van der Waals surface area (Å²) in [6.45, 7) is 5.70. The molecule has 0 atom stereocenters. The average Bonchev–Trinajstić information content (AvgIpc) is 2.98. The monoisotopic (exact) mass is 252 g/mol. The second-order valence-corrected chi connectivity index (χ2v) is 5.28. The van der Waals surface area contributed by atoms with Crippen molar-refractivity contribution in [1.82, 2.24) is 4.98 Å². The van der Waals surface area contributed by atoms with Crippen LogP contribution in [0.25, 0.3) is 0 Å². The predicted molar refractivity (Wildman–Crippen MR) is 64.9 cm³/mol. The van der Waals surface area contributed by atoms with Gasteiger partial charge in [0.2, 0.25) is 5.75 Å². The minimum Gasteiger partial charge on any atom is -0.484 e. The van der Waals surface area contributed by atoms with Crippen molar-refractivity contribution in [1.29, 1.82) is 0 Å². The molecule has 1 aliphatic carbocycles. The zero-order chi connectivity index (χ0) is 13.3. The van der Waals surface area contributed by atoms with Gasteiger partial charge in [0.1, 0.15) is 5.60 Å². The highest BCUT2D eigenvalue weighted by Crippen LogP contribution is 2.34. The van der Waals surface area contributed by atoms with Crippen LogP contribution in [-0.2, 0) is 0 Å². The van der Waals surface area contributed by atoms with Crippen LogP contribution in [0.2, 0.25) is 0 Å². The molecule has 1 aromatic heterocycles. The van der Waals surface area contributed by atoms with E-state index < -0.39 is 4.92 Å². The fourth-order valence-electron chi connectivity index (χ4n) is 1.42. The molecule has 1 heterocycles. The van der Waals surface area contributed by atoms with E-state index in [1.54, 1.807) is 0 Å². The van der Waals surface area contributed by atoms with Crippen molar-refractivity contribution < 1.29 is 14.4 Å². The van der Waals surface area contributed by atoms with Crippen LogP contribution < -0.4 is 9.47 Å². The van der Waals surface area contributed by atoms with Crippen molar-refractivity contribution in [3.05, 3.63) is 22.4 Å². The van der Waals surface area contributed by atoms with Crippen LogP contribution in [0.3, 0.4) is 0 Å². The number of aromatic nitrogens is 1. The molecule has 0 saturated heterocycles. The summed E-state index contributed by atoms with van der Waals surface area (Å²) in [4.78, 5) is 14.1. The van der Waals surface area contributed by atoms with E-state index in [-0.39, 0.29) is 23.3 Å². The van der Waals surface area contributed by atoms with Crippen molar-refractivity contribution in [3.8, 4) is 11.5 Å². The Hall–Kier alpha value is -1.85. The average molecular weight is 252 g/mol. The molecular weight excluding hydrogens is 236 g/mol. The lowest BCUT2D eigenvalue weighted by molar-refractivity contribution is -0.390. The first-order valence-corrected chi connectivity index (χ1v) is 5.85. The van der Waals surface area contributed by atoms with Crippen LogP contribution in [0.1, 0.15) is 33.6 Å². The van der Waals surface area contributed by atoms with Gasteiger partial charge in [0.15, 0.2) is 11.9 Å². The third-order valence-electron chi connectivity index (χ3n) is 2.22. The van der Waals surface area contributed by atoms with Gasteiger partial charge in [-0.2, -0.15) is 0 Å². The van der Waals surface area contributed by atoms with Crippen molar-refractivity contribution in [3.63, 3.8) is 0 Å². The summed E-state index contributed by atoms with van der Waals surface area (Å²) < 4.78 is 11.1. The van der Waals surface area contributed by atoms with Crippen LogP contribution in [0, 0.1) is 10.1 Å². The molecule has 0 spiro atoms. The standard InChI is InChI=1S/C12H16N2O4/c1-12(2,3)18-9-6-10(17-8-4-5-8)11(13-7-9)14(15)16/h6-8H,4-5H2,1-3H3. The Kier molecular flexibility index (Phi) is 3.11. The summed E-state index contributed by atoms with van der Waals surface area (Å²) in [6.07, 6.45) is 3.29. The first-order valence-electron chi connectivity index (χ1n) is 5.85. The SMILES string of the molecule is CC(C)(C)Oc1cnc([N+](=O)[O-])c(OC2CC2)c1. The van der Waals surface area contributed by atoms with E-state index in [1.165, 1.54) is 12.3 Å². The van der Waals surface area contributed by atoms with Gasteiger partial charge in [-0.05, 0) is 43.5 Å². The number of ether oxygens (including phenoxy) is 2. The smallest absolute Gasteiger partial charge is 0.406 e. The molecule has 6 heteroatoms. The van der Waals surface area contributed by atoms with Crippen LogP contribution in [-0.4, -0.2) is 21.6 Å². The lowest BCUT2D eigenvalue weighted by atomic mass is 10.2. The van der Waals surface area contributed by atoms with Crippen LogP contribution in [0.5, 0.6) is 11.5 Å². The summed E-state index contributed by atoms with van der Waals surface area (Å²) in [5, 5.41) is 10.8. The van der Waals surface area contributed by atoms with Crippen molar-refractivity contribution in [2.45, 2.75) is 45.3 Å². The second-order valence-electron chi connectivity index (χ2n) is 5.28. The predicted octanol–water partition coefficient (Wildman–Crippen LogP) is 2.71. The summed E-state index contributed by atoms with van der Waals surface area (Å²) in [5.74, 6) is 0.399. The molecule has 0 bridgehead atoms. The summed E-state index contributed by atoms with van der Waals surface area (Å²) in [5.41, 5.74) is -0.380. The van der Waals surface area contributed by atoms with E-state index in [2.05, 4.69) is 4.98 Å². The maximum absolute atomic E-state index is 10.8. The molecule has 2 rings (SSSR count). The summed E-state index contributed by atoms with van der Waals surface area (Å²) in [7, 11) is 0. The largest absolute Gasteiger partial charge is 0.484 e. The van der Waals surface area contributed by atoms with Crippen LogP contribution in [0.15, 0.2) is 12.3 Å². The van der Waals surface area contributed by atoms with E-state index in [0.717, 1.165) is 12.8 Å². The highest BCUT2D eigenvalue weighted by Gasteiger charge is 2.29. The van der Waals surface area contributed by atoms with Gasteiger partial charge in [0.05, 0.1) is 6.10 Å². The first-order chi connectivity index (χ1) is 8.35. The second kappa shape index (κ2) is 4.44. The van der Waals surface area contributed by atoms with E-state index >= 15 is 0 Å². The molecule has 1 aromatic rings. The van der Waals surface area contributed by atoms with Gasteiger partial charge in [-0.3, -0.25) is 0 Å². The van der Waals surface area contributed by atoms with E-state index in [4.69, 9.17) is 9.47 Å². The molecule has 1 saturated carbocycles. The topological polar surface area (TPSA) is 74.5 Å². The molecule has 98 valence electrons. The number of rotatable bonds is 4. The van der Waals surface area contributed by atoms with E-state index in [9.17, 15) is 10.1 Å². The van der Waals surface area contributed by atoms with Gasteiger partial charge in [-0.1, -0.05) is 0 Å². The van der Waals surface area contributed by atoms with Crippen molar-refractivity contribution in [2.24, 2.45) is 0 Å². The molecule has 0 amide bonds. The highest BCUT2D eigenvalue weighted by molar-refractivity contribution is 5.44. The maximum atomic E-state index is 10.8. The molecular formula is C12H16N2O4. The Labute approximate surface area is 105 Å². The lowest BCUT2D eigenvalue weighted by Gasteiger charge is -2.20. The number of nitro groups is 1. The van der Waals surface area contributed by atoms with Gasteiger partial charge < -0.3 is 19.6 Å². The van der Waals surface area contributed by atoms with Gasteiger partial charge in [-0.15, -0.1) is 0 Å². The quantitative estimate of drug-likeness (QED) is 0.608. The maximum Gasteiger partial charge on any atom is 0.406 e. The van der Waals surface area contributed by atoms with Gasteiger partial charge in [-0.25, -0.2) is 0 Å². The minimum atomic E-state index is -0.543. The molecule has 1 fully saturated rings. The molecule has 0 aromatic carbocycles. The summed E-state index contributed by atoms with van der Waals surface area (Å²) >= 11 is 0. The third-order valence-corrected chi connectivity index (χ3v) is 2.22. The first kappa shape index (κ1) is 12.6. The molecule has 0 unspecified atom stereocenters.